The van der Waals surface area contributed by atoms with E-state index in [4.69, 9.17) is 4.74 Å². The van der Waals surface area contributed by atoms with Gasteiger partial charge in [-0.3, -0.25) is 14.5 Å². The number of halogens is 3. The van der Waals surface area contributed by atoms with Crippen LogP contribution in [0.4, 0.5) is 11.5 Å². The third-order valence-electron chi connectivity index (χ3n) is 5.04. The van der Waals surface area contributed by atoms with Gasteiger partial charge in [0.15, 0.2) is 0 Å². The van der Waals surface area contributed by atoms with Gasteiger partial charge in [0.05, 0.1) is 24.2 Å². The van der Waals surface area contributed by atoms with E-state index in [1.54, 1.807) is 31.4 Å². The van der Waals surface area contributed by atoms with Gasteiger partial charge in [-0.05, 0) is 24.3 Å². The second-order valence-corrected chi connectivity index (χ2v) is 7.35. The van der Waals surface area contributed by atoms with E-state index in [0.29, 0.717) is 68.3 Å². The maximum absolute atomic E-state index is 12.0. The van der Waals surface area contributed by atoms with Crippen LogP contribution in [-0.2, 0) is 14.3 Å². The lowest BCUT2D eigenvalue weighted by atomic mass is 10.1. The number of carboxylic acid groups (broad SMARTS) is 1. The van der Waals surface area contributed by atoms with Crippen molar-refractivity contribution in [3.05, 3.63) is 29.8 Å². The maximum Gasteiger partial charge on any atom is 0.336 e. The topological polar surface area (TPSA) is 124 Å². The Morgan fingerprint density at radius 1 is 1.09 bits per heavy atom. The average Bonchev–Trinajstić information content (AvgIpc) is 2.73. The van der Waals surface area contributed by atoms with E-state index in [-0.39, 0.29) is 54.6 Å². The van der Waals surface area contributed by atoms with Gasteiger partial charge in [0.1, 0.15) is 5.82 Å². The van der Waals surface area contributed by atoms with Crippen molar-refractivity contribution in [1.82, 2.24) is 15.2 Å². The minimum atomic E-state index is -1.06. The standard InChI is InChI=1S/C21H27N5O5.3ClH/c1-14(27)23-15-3-4-18-16(11-15)17(21(29)30)12-19(24-18)26-8-6-25(7-9-26)13-20(28)22-5-10-31-2;;;/h3-4,11-12H,5-10,13H2,1-2H3,(H,22,28)(H,23,27)(H,29,30);3*1H. The number of hydrogen-bond acceptors (Lipinski definition) is 7. The molecule has 2 heterocycles. The number of nitrogens with zero attached hydrogens (tertiary/aromatic N) is 3. The van der Waals surface area contributed by atoms with Crippen LogP contribution in [0.2, 0.25) is 0 Å². The third kappa shape index (κ3) is 8.44. The molecule has 0 radical (unpaired) electrons. The molecule has 0 atom stereocenters. The molecule has 10 nitrogen and oxygen atoms in total. The van der Waals surface area contributed by atoms with Crippen molar-refractivity contribution >= 4 is 77.4 Å². The number of benzene rings is 1. The second-order valence-electron chi connectivity index (χ2n) is 7.35. The number of pyridine rings is 1. The number of hydrogen-bond donors (Lipinski definition) is 3. The van der Waals surface area contributed by atoms with Crippen molar-refractivity contribution in [2.75, 3.05) is 63.2 Å². The Labute approximate surface area is 216 Å². The first-order valence-electron chi connectivity index (χ1n) is 10.1. The number of amides is 2. The first-order valence-corrected chi connectivity index (χ1v) is 10.1. The summed E-state index contributed by atoms with van der Waals surface area (Å²) in [6.45, 7) is 5.27. The van der Waals surface area contributed by atoms with E-state index in [2.05, 4.69) is 20.5 Å². The summed E-state index contributed by atoms with van der Waals surface area (Å²) in [7, 11) is 1.59. The van der Waals surface area contributed by atoms with E-state index < -0.39 is 5.97 Å². The van der Waals surface area contributed by atoms with Gasteiger partial charge in [0.25, 0.3) is 0 Å². The molecule has 0 aliphatic carbocycles. The van der Waals surface area contributed by atoms with E-state index in [1.807, 2.05) is 4.90 Å². The van der Waals surface area contributed by atoms with E-state index in [0.717, 1.165) is 0 Å². The van der Waals surface area contributed by atoms with Crippen molar-refractivity contribution in [1.29, 1.82) is 0 Å². The summed E-state index contributed by atoms with van der Waals surface area (Å²) in [4.78, 5) is 43.9. The molecule has 0 unspecified atom stereocenters. The van der Waals surface area contributed by atoms with Crippen LogP contribution in [0.15, 0.2) is 24.3 Å². The number of ether oxygens (including phenoxy) is 1. The fraction of sp³-hybridized carbons (Fsp3) is 0.429. The summed E-state index contributed by atoms with van der Waals surface area (Å²) < 4.78 is 4.92. The lowest BCUT2D eigenvalue weighted by Crippen LogP contribution is -2.50. The fourth-order valence-corrected chi connectivity index (χ4v) is 3.52. The normalized spacial score (nSPS) is 13.2. The Kier molecular flexibility index (Phi) is 13.8. The number of methoxy groups -OCH3 is 1. The number of fused-ring (bicyclic) bond motifs is 1. The maximum atomic E-state index is 12.0. The molecule has 1 saturated heterocycles. The summed E-state index contributed by atoms with van der Waals surface area (Å²) in [6, 6.07) is 6.59. The average molecular weight is 539 g/mol. The van der Waals surface area contributed by atoms with Crippen LogP contribution >= 0.6 is 37.2 Å². The molecule has 1 aliphatic rings. The zero-order chi connectivity index (χ0) is 22.4. The number of aromatic carboxylic acids is 1. The Hall–Kier alpha value is -2.37. The molecule has 0 spiro atoms. The van der Waals surface area contributed by atoms with E-state index in [9.17, 15) is 19.5 Å². The highest BCUT2D eigenvalue weighted by molar-refractivity contribution is 6.05. The van der Waals surface area contributed by atoms with Gasteiger partial charge in [0, 0.05) is 57.8 Å². The summed E-state index contributed by atoms with van der Waals surface area (Å²) >= 11 is 0. The molecule has 1 aromatic heterocycles. The van der Waals surface area contributed by atoms with Crippen molar-refractivity contribution in [3.8, 4) is 0 Å². The van der Waals surface area contributed by atoms with Crippen LogP contribution < -0.4 is 15.5 Å². The summed E-state index contributed by atoms with van der Waals surface area (Å²) in [5.41, 5.74) is 1.20. The Balaban J connectivity index is 0.00000363. The highest BCUT2D eigenvalue weighted by atomic mass is 35.5. The van der Waals surface area contributed by atoms with E-state index in [1.165, 1.54) is 6.92 Å². The number of carboxylic acids is 1. The SMILES string of the molecule is COCCNC(=O)CN1CCN(c2cc(C(=O)O)c3cc(NC(C)=O)ccc3n2)CC1.Cl.Cl.Cl. The van der Waals surface area contributed by atoms with Crippen molar-refractivity contribution < 1.29 is 24.2 Å². The number of rotatable bonds is 8. The molecule has 3 rings (SSSR count). The van der Waals surface area contributed by atoms with Gasteiger partial charge in [-0.2, -0.15) is 0 Å². The van der Waals surface area contributed by atoms with Crippen molar-refractivity contribution in [3.63, 3.8) is 0 Å². The van der Waals surface area contributed by atoms with Gasteiger partial charge < -0.3 is 25.4 Å². The molecule has 2 aromatic rings. The van der Waals surface area contributed by atoms with Crippen LogP contribution in [0.3, 0.4) is 0 Å². The minimum Gasteiger partial charge on any atom is -0.478 e. The molecule has 34 heavy (non-hydrogen) atoms. The first kappa shape index (κ1) is 31.6. The molecule has 1 aromatic carbocycles. The highest BCUT2D eigenvalue weighted by Gasteiger charge is 2.22. The predicted molar refractivity (Wildman–Crippen MR) is 138 cm³/mol. The van der Waals surface area contributed by atoms with Gasteiger partial charge in [0.2, 0.25) is 11.8 Å². The van der Waals surface area contributed by atoms with Crippen LogP contribution in [0, 0.1) is 0 Å². The molecule has 2 amide bonds. The molecular weight excluding hydrogens is 509 g/mol. The summed E-state index contributed by atoms with van der Waals surface area (Å²) in [5, 5.41) is 15.6. The predicted octanol–water partition coefficient (Wildman–Crippen LogP) is 2.04. The number of aromatic nitrogens is 1. The molecule has 3 N–H and O–H groups in total. The highest BCUT2D eigenvalue weighted by Crippen LogP contribution is 2.26. The third-order valence-corrected chi connectivity index (χ3v) is 5.04. The van der Waals surface area contributed by atoms with Crippen LogP contribution in [0.5, 0.6) is 0 Å². The zero-order valence-electron chi connectivity index (χ0n) is 18.9. The number of nitrogens with one attached hydrogen (secondary N) is 2. The van der Waals surface area contributed by atoms with Crippen LogP contribution in [-0.4, -0.2) is 85.8 Å². The van der Waals surface area contributed by atoms with Gasteiger partial charge in [-0.1, -0.05) is 0 Å². The lowest BCUT2D eigenvalue weighted by molar-refractivity contribution is -0.122. The van der Waals surface area contributed by atoms with Crippen LogP contribution in [0.25, 0.3) is 10.9 Å². The van der Waals surface area contributed by atoms with Crippen LogP contribution in [0.1, 0.15) is 17.3 Å². The molecule has 1 fully saturated rings. The molecule has 190 valence electrons. The fourth-order valence-electron chi connectivity index (χ4n) is 3.52. The lowest BCUT2D eigenvalue weighted by Gasteiger charge is -2.35. The van der Waals surface area contributed by atoms with E-state index >= 15 is 0 Å². The van der Waals surface area contributed by atoms with Gasteiger partial charge in [-0.15, -0.1) is 37.2 Å². The monoisotopic (exact) mass is 537 g/mol. The second kappa shape index (κ2) is 14.8. The molecule has 13 heteroatoms. The van der Waals surface area contributed by atoms with Gasteiger partial charge in [-0.25, -0.2) is 9.78 Å². The molecule has 1 aliphatic heterocycles. The Morgan fingerprint density at radius 2 is 1.76 bits per heavy atom. The minimum absolute atomic E-state index is 0. The number of piperazine rings is 1. The number of carbonyl (C=O) groups excluding carboxylic acids is 2. The molecule has 0 bridgehead atoms. The first-order chi connectivity index (χ1) is 14.9. The molecular formula is C21H30Cl3N5O5. The summed E-state index contributed by atoms with van der Waals surface area (Å²) in [5.74, 6) is -0.745. The summed E-state index contributed by atoms with van der Waals surface area (Å²) in [6.07, 6.45) is 0. The quantitative estimate of drug-likeness (QED) is 0.436. The number of anilines is 2. The van der Waals surface area contributed by atoms with Crippen molar-refractivity contribution in [2.24, 2.45) is 0 Å². The van der Waals surface area contributed by atoms with Crippen molar-refractivity contribution in [2.45, 2.75) is 6.92 Å². The largest absolute Gasteiger partial charge is 0.478 e. The number of carbonyl (C=O) groups is 3. The zero-order valence-corrected chi connectivity index (χ0v) is 21.4. The Bertz CT molecular complexity index is 987. The smallest absolute Gasteiger partial charge is 0.336 e. The van der Waals surface area contributed by atoms with Gasteiger partial charge >= 0.3 is 5.97 Å². The Morgan fingerprint density at radius 3 is 2.35 bits per heavy atom. The molecule has 0 saturated carbocycles.